The molecule has 0 aliphatic rings. The van der Waals surface area contributed by atoms with E-state index in [0.29, 0.717) is 0 Å². The minimum atomic E-state index is 1.03. The van der Waals surface area contributed by atoms with E-state index in [1.54, 1.807) is 0 Å². The largest absolute Gasteiger partial charge is 0.345 e. The van der Waals surface area contributed by atoms with Gasteiger partial charge in [-0.05, 0) is 44.5 Å². The van der Waals surface area contributed by atoms with Crippen LogP contribution in [0.2, 0.25) is 0 Å². The van der Waals surface area contributed by atoms with Gasteiger partial charge in [-0.3, -0.25) is 0 Å². The molecular weight excluding hydrogens is 182 g/mol. The van der Waals surface area contributed by atoms with E-state index in [4.69, 9.17) is 0 Å². The topological polar surface area (TPSA) is 4.93 Å². The van der Waals surface area contributed by atoms with Gasteiger partial charge in [-0.1, -0.05) is 23.8 Å². The lowest BCUT2D eigenvalue weighted by atomic mass is 10.1. The van der Waals surface area contributed by atoms with Gasteiger partial charge < -0.3 is 4.57 Å². The van der Waals surface area contributed by atoms with Gasteiger partial charge in [0, 0.05) is 17.9 Å². The number of aryl methyl sites for hydroxylation is 2. The lowest BCUT2D eigenvalue weighted by molar-refractivity contribution is 0.750. The van der Waals surface area contributed by atoms with E-state index in [1.165, 1.54) is 22.5 Å². The third kappa shape index (κ3) is 1.82. The molecule has 0 N–H and O–H groups in total. The van der Waals surface area contributed by atoms with Gasteiger partial charge in [0.2, 0.25) is 0 Å². The minimum absolute atomic E-state index is 1.03. The van der Waals surface area contributed by atoms with Gasteiger partial charge in [-0.15, -0.1) is 0 Å². The maximum atomic E-state index is 2.34. The second-order valence-corrected chi connectivity index (χ2v) is 3.97. The van der Waals surface area contributed by atoms with Crippen LogP contribution in [0.3, 0.4) is 0 Å². The van der Waals surface area contributed by atoms with E-state index in [2.05, 4.69) is 61.7 Å². The van der Waals surface area contributed by atoms with Crippen LogP contribution in [0.25, 0.3) is 11.3 Å². The number of benzene rings is 1. The van der Waals surface area contributed by atoms with Crippen LogP contribution < -0.4 is 0 Å². The average Bonchev–Trinajstić information content (AvgIpc) is 2.59. The molecule has 2 rings (SSSR count). The molecule has 0 aliphatic carbocycles. The monoisotopic (exact) mass is 199 g/mol. The summed E-state index contributed by atoms with van der Waals surface area (Å²) in [6.07, 6.45) is 0. The van der Waals surface area contributed by atoms with Crippen LogP contribution in [0, 0.1) is 13.8 Å². The highest BCUT2D eigenvalue weighted by Crippen LogP contribution is 2.23. The molecule has 0 unspecified atom stereocenters. The highest BCUT2D eigenvalue weighted by molar-refractivity contribution is 5.61. The zero-order valence-corrected chi connectivity index (χ0v) is 9.62. The Balaban J connectivity index is 2.54. The van der Waals surface area contributed by atoms with Crippen LogP contribution in [-0.4, -0.2) is 4.57 Å². The van der Waals surface area contributed by atoms with Crippen molar-refractivity contribution in [3.8, 4) is 11.3 Å². The summed E-state index contributed by atoms with van der Waals surface area (Å²) < 4.78 is 2.34. The molecule has 0 amide bonds. The number of hydrogen-bond donors (Lipinski definition) is 0. The van der Waals surface area contributed by atoms with Gasteiger partial charge in [0.05, 0.1) is 0 Å². The molecule has 0 saturated heterocycles. The van der Waals surface area contributed by atoms with Crippen LogP contribution in [-0.2, 0) is 6.54 Å². The molecule has 1 heterocycles. The maximum Gasteiger partial charge on any atom is 0.0482 e. The predicted octanol–water partition coefficient (Wildman–Crippen LogP) is 3.79. The van der Waals surface area contributed by atoms with Crippen LogP contribution in [0.15, 0.2) is 36.4 Å². The van der Waals surface area contributed by atoms with Gasteiger partial charge in [-0.25, -0.2) is 0 Å². The zero-order valence-electron chi connectivity index (χ0n) is 9.62. The van der Waals surface area contributed by atoms with Crippen LogP contribution in [0.5, 0.6) is 0 Å². The van der Waals surface area contributed by atoms with Crippen LogP contribution in [0.1, 0.15) is 18.2 Å². The molecule has 0 atom stereocenters. The predicted molar refractivity (Wildman–Crippen MR) is 65.0 cm³/mol. The summed E-state index contributed by atoms with van der Waals surface area (Å²) in [6.45, 7) is 7.51. The van der Waals surface area contributed by atoms with Gasteiger partial charge in [0.25, 0.3) is 0 Å². The molecule has 1 aromatic carbocycles. The number of rotatable bonds is 2. The van der Waals surface area contributed by atoms with Crippen molar-refractivity contribution in [1.29, 1.82) is 0 Å². The molecule has 0 radical (unpaired) electrons. The molecule has 1 nitrogen and oxygen atoms in total. The SMILES string of the molecule is CCn1c(C)ccc1-c1cccc(C)c1. The van der Waals surface area contributed by atoms with E-state index in [1.807, 2.05) is 0 Å². The van der Waals surface area contributed by atoms with Gasteiger partial charge in [-0.2, -0.15) is 0 Å². The third-order valence-electron chi connectivity index (χ3n) is 2.83. The molecule has 0 fully saturated rings. The third-order valence-corrected chi connectivity index (χ3v) is 2.83. The maximum absolute atomic E-state index is 2.34. The first-order valence-corrected chi connectivity index (χ1v) is 5.45. The first kappa shape index (κ1) is 10.0. The Morgan fingerprint density at radius 3 is 2.53 bits per heavy atom. The van der Waals surface area contributed by atoms with Crippen molar-refractivity contribution in [3.05, 3.63) is 47.7 Å². The van der Waals surface area contributed by atoms with Gasteiger partial charge in [0.15, 0.2) is 0 Å². The molecule has 15 heavy (non-hydrogen) atoms. The lowest BCUT2D eigenvalue weighted by Gasteiger charge is -2.09. The molecule has 2 aromatic rings. The fourth-order valence-electron chi connectivity index (χ4n) is 2.05. The fourth-order valence-corrected chi connectivity index (χ4v) is 2.05. The zero-order chi connectivity index (χ0) is 10.8. The van der Waals surface area contributed by atoms with Crippen molar-refractivity contribution >= 4 is 0 Å². The first-order chi connectivity index (χ1) is 7.22. The van der Waals surface area contributed by atoms with E-state index >= 15 is 0 Å². The molecule has 0 saturated carbocycles. The van der Waals surface area contributed by atoms with Crippen molar-refractivity contribution in [2.24, 2.45) is 0 Å². The lowest BCUT2D eigenvalue weighted by Crippen LogP contribution is -1.98. The summed E-state index contributed by atoms with van der Waals surface area (Å²) in [7, 11) is 0. The van der Waals surface area contributed by atoms with Crippen molar-refractivity contribution in [3.63, 3.8) is 0 Å². The molecular formula is C14H17N. The van der Waals surface area contributed by atoms with Gasteiger partial charge >= 0.3 is 0 Å². The highest BCUT2D eigenvalue weighted by atomic mass is 15.0. The summed E-state index contributed by atoms with van der Waals surface area (Å²) in [5, 5.41) is 0. The highest BCUT2D eigenvalue weighted by Gasteiger charge is 2.05. The first-order valence-electron chi connectivity index (χ1n) is 5.45. The number of hydrogen-bond acceptors (Lipinski definition) is 0. The van der Waals surface area contributed by atoms with E-state index in [9.17, 15) is 0 Å². The normalized spacial score (nSPS) is 10.6. The van der Waals surface area contributed by atoms with E-state index in [-0.39, 0.29) is 0 Å². The summed E-state index contributed by atoms with van der Waals surface area (Å²) >= 11 is 0. The summed E-state index contributed by atoms with van der Waals surface area (Å²) in [5.74, 6) is 0. The van der Waals surface area contributed by atoms with E-state index < -0.39 is 0 Å². The van der Waals surface area contributed by atoms with Crippen molar-refractivity contribution < 1.29 is 0 Å². The summed E-state index contributed by atoms with van der Waals surface area (Å²) in [6, 6.07) is 13.0. The quantitative estimate of drug-likeness (QED) is 0.693. The smallest absolute Gasteiger partial charge is 0.0482 e. The molecule has 0 bridgehead atoms. The van der Waals surface area contributed by atoms with Crippen LogP contribution in [0.4, 0.5) is 0 Å². The second kappa shape index (κ2) is 3.93. The number of nitrogens with zero attached hydrogens (tertiary/aromatic N) is 1. The van der Waals surface area contributed by atoms with Crippen molar-refractivity contribution in [2.45, 2.75) is 27.3 Å². The number of aromatic nitrogens is 1. The standard InChI is InChI=1S/C14H17N/c1-4-15-12(3)8-9-14(15)13-7-5-6-11(2)10-13/h5-10H,4H2,1-3H3. The Bertz CT molecular complexity index is 466. The Hall–Kier alpha value is -1.50. The molecule has 0 aliphatic heterocycles. The van der Waals surface area contributed by atoms with Crippen LogP contribution >= 0.6 is 0 Å². The molecule has 1 heteroatoms. The van der Waals surface area contributed by atoms with Crippen molar-refractivity contribution in [2.75, 3.05) is 0 Å². The summed E-state index contributed by atoms with van der Waals surface area (Å²) in [5.41, 5.74) is 5.27. The molecule has 1 aromatic heterocycles. The van der Waals surface area contributed by atoms with Gasteiger partial charge in [0.1, 0.15) is 0 Å². The molecule has 0 spiro atoms. The Morgan fingerprint density at radius 1 is 1.07 bits per heavy atom. The van der Waals surface area contributed by atoms with Crippen molar-refractivity contribution in [1.82, 2.24) is 4.57 Å². The Kier molecular flexibility index (Phi) is 2.63. The second-order valence-electron chi connectivity index (χ2n) is 3.97. The van der Waals surface area contributed by atoms with E-state index in [0.717, 1.165) is 6.54 Å². The Labute approximate surface area is 91.4 Å². The minimum Gasteiger partial charge on any atom is -0.345 e. The Morgan fingerprint density at radius 2 is 1.87 bits per heavy atom. The fraction of sp³-hybridized carbons (Fsp3) is 0.286. The molecule has 78 valence electrons. The average molecular weight is 199 g/mol. The summed E-state index contributed by atoms with van der Waals surface area (Å²) in [4.78, 5) is 0.